The highest BCUT2D eigenvalue weighted by Gasteiger charge is 2.29. The molecule has 1 aliphatic rings. The number of nitrogens with zero attached hydrogens (tertiary/aromatic N) is 3. The molecule has 0 saturated heterocycles. The molecule has 20 heavy (non-hydrogen) atoms. The molecule has 2 aromatic rings. The molecule has 2 heterocycles. The van der Waals surface area contributed by atoms with E-state index in [1.165, 1.54) is 0 Å². The zero-order valence-electron chi connectivity index (χ0n) is 11.6. The van der Waals surface area contributed by atoms with E-state index in [1.807, 2.05) is 38.4 Å². The van der Waals surface area contributed by atoms with Gasteiger partial charge in [0.25, 0.3) is 0 Å². The molecular weight excluding hydrogens is 256 g/mol. The van der Waals surface area contributed by atoms with E-state index >= 15 is 0 Å². The van der Waals surface area contributed by atoms with Gasteiger partial charge in [0.2, 0.25) is 0 Å². The standard InChI is InChI=1S/C14H18N4O2/c1-15-10(7-14-16-9-17-18(14)2)13-8-19-11-5-3-4-6-12(11)20-13/h3-6,9-10,13,15H,7-8H2,1-2H3. The van der Waals surface area contributed by atoms with Crippen molar-refractivity contribution in [1.29, 1.82) is 0 Å². The maximum atomic E-state index is 6.03. The Kier molecular flexibility index (Phi) is 3.56. The Bertz CT molecular complexity index is 584. The van der Waals surface area contributed by atoms with Gasteiger partial charge in [-0.05, 0) is 19.2 Å². The second-order valence-corrected chi connectivity index (χ2v) is 4.81. The molecule has 0 amide bonds. The average molecular weight is 274 g/mol. The molecule has 3 rings (SSSR count). The lowest BCUT2D eigenvalue weighted by atomic mass is 10.1. The van der Waals surface area contributed by atoms with Crippen molar-refractivity contribution in [3.05, 3.63) is 36.4 Å². The number of aryl methyl sites for hydroxylation is 1. The van der Waals surface area contributed by atoms with Gasteiger partial charge in [-0.2, -0.15) is 5.10 Å². The first-order valence-electron chi connectivity index (χ1n) is 6.66. The molecule has 6 nitrogen and oxygen atoms in total. The molecule has 1 aliphatic heterocycles. The van der Waals surface area contributed by atoms with Crippen LogP contribution in [-0.2, 0) is 13.5 Å². The number of nitrogens with one attached hydrogen (secondary N) is 1. The SMILES string of the molecule is CNC(Cc1ncnn1C)C1COc2ccccc2O1. The number of aromatic nitrogens is 3. The second kappa shape index (κ2) is 5.50. The molecule has 6 heteroatoms. The van der Waals surface area contributed by atoms with Crippen molar-refractivity contribution in [3.8, 4) is 11.5 Å². The zero-order chi connectivity index (χ0) is 13.9. The second-order valence-electron chi connectivity index (χ2n) is 4.81. The maximum absolute atomic E-state index is 6.03. The minimum Gasteiger partial charge on any atom is -0.486 e. The summed E-state index contributed by atoms with van der Waals surface area (Å²) in [4.78, 5) is 4.26. The van der Waals surface area contributed by atoms with Gasteiger partial charge in [0.05, 0.1) is 6.04 Å². The van der Waals surface area contributed by atoms with E-state index in [9.17, 15) is 0 Å². The first-order chi connectivity index (χ1) is 9.78. The van der Waals surface area contributed by atoms with Gasteiger partial charge in [0, 0.05) is 13.5 Å². The molecule has 0 saturated carbocycles. The predicted molar refractivity (Wildman–Crippen MR) is 73.9 cm³/mol. The highest BCUT2D eigenvalue weighted by atomic mass is 16.6. The summed E-state index contributed by atoms with van der Waals surface area (Å²) in [7, 11) is 3.81. The van der Waals surface area contributed by atoms with Gasteiger partial charge in [-0.15, -0.1) is 0 Å². The van der Waals surface area contributed by atoms with Crippen LogP contribution in [0.1, 0.15) is 5.82 Å². The minimum atomic E-state index is -0.0494. The van der Waals surface area contributed by atoms with Crippen LogP contribution in [-0.4, -0.2) is 40.6 Å². The fourth-order valence-corrected chi connectivity index (χ4v) is 2.36. The van der Waals surface area contributed by atoms with Crippen molar-refractivity contribution in [2.75, 3.05) is 13.7 Å². The third-order valence-corrected chi connectivity index (χ3v) is 3.56. The number of hydrogen-bond donors (Lipinski definition) is 1. The summed E-state index contributed by atoms with van der Waals surface area (Å²) < 4.78 is 13.6. The van der Waals surface area contributed by atoms with Crippen molar-refractivity contribution >= 4 is 0 Å². The number of hydrogen-bond acceptors (Lipinski definition) is 5. The Morgan fingerprint density at radius 3 is 2.90 bits per heavy atom. The smallest absolute Gasteiger partial charge is 0.161 e. The Morgan fingerprint density at radius 1 is 1.40 bits per heavy atom. The van der Waals surface area contributed by atoms with Crippen LogP contribution in [0.4, 0.5) is 0 Å². The van der Waals surface area contributed by atoms with Gasteiger partial charge >= 0.3 is 0 Å². The quantitative estimate of drug-likeness (QED) is 0.893. The van der Waals surface area contributed by atoms with Crippen molar-refractivity contribution in [2.45, 2.75) is 18.6 Å². The molecule has 2 atom stereocenters. The van der Waals surface area contributed by atoms with E-state index in [0.29, 0.717) is 6.61 Å². The summed E-state index contributed by atoms with van der Waals surface area (Å²) >= 11 is 0. The van der Waals surface area contributed by atoms with Gasteiger partial charge in [-0.25, -0.2) is 4.98 Å². The number of fused-ring (bicyclic) bond motifs is 1. The fraction of sp³-hybridized carbons (Fsp3) is 0.429. The third-order valence-electron chi connectivity index (χ3n) is 3.56. The Labute approximate surface area is 117 Å². The summed E-state index contributed by atoms with van der Waals surface area (Å²) in [5, 5.41) is 7.37. The summed E-state index contributed by atoms with van der Waals surface area (Å²) in [5.41, 5.74) is 0. The summed E-state index contributed by atoms with van der Waals surface area (Å²) in [6.07, 6.45) is 2.25. The first kappa shape index (κ1) is 12.9. The number of likely N-dealkylation sites (N-methyl/N-ethyl adjacent to an activating group) is 1. The Balaban J connectivity index is 1.73. The lowest BCUT2D eigenvalue weighted by Gasteiger charge is -2.31. The predicted octanol–water partition coefficient (Wildman–Crippen LogP) is 0.786. The molecule has 0 spiro atoms. The molecule has 1 aromatic carbocycles. The highest BCUT2D eigenvalue weighted by Crippen LogP contribution is 2.31. The van der Waals surface area contributed by atoms with E-state index in [2.05, 4.69) is 15.4 Å². The largest absolute Gasteiger partial charge is 0.486 e. The van der Waals surface area contributed by atoms with Crippen molar-refractivity contribution < 1.29 is 9.47 Å². The van der Waals surface area contributed by atoms with Crippen LogP contribution < -0.4 is 14.8 Å². The highest BCUT2D eigenvalue weighted by molar-refractivity contribution is 5.40. The molecule has 0 fully saturated rings. The van der Waals surface area contributed by atoms with Gasteiger partial charge in [-0.1, -0.05) is 12.1 Å². The lowest BCUT2D eigenvalue weighted by Crippen LogP contribution is -2.48. The summed E-state index contributed by atoms with van der Waals surface area (Å²) in [5.74, 6) is 2.52. The van der Waals surface area contributed by atoms with Crippen LogP contribution in [0, 0.1) is 0 Å². The first-order valence-corrected chi connectivity index (χ1v) is 6.66. The Morgan fingerprint density at radius 2 is 2.20 bits per heavy atom. The van der Waals surface area contributed by atoms with Gasteiger partial charge < -0.3 is 14.8 Å². The number of para-hydroxylation sites is 2. The van der Waals surface area contributed by atoms with E-state index in [1.54, 1.807) is 11.0 Å². The van der Waals surface area contributed by atoms with Crippen molar-refractivity contribution in [3.63, 3.8) is 0 Å². The molecule has 106 valence electrons. The van der Waals surface area contributed by atoms with Crippen LogP contribution in [0.15, 0.2) is 30.6 Å². The van der Waals surface area contributed by atoms with Crippen molar-refractivity contribution in [2.24, 2.45) is 7.05 Å². The molecule has 1 N–H and O–H groups in total. The summed E-state index contributed by atoms with van der Waals surface area (Å²) in [6, 6.07) is 7.85. The topological polar surface area (TPSA) is 61.2 Å². The van der Waals surface area contributed by atoms with Crippen molar-refractivity contribution in [1.82, 2.24) is 20.1 Å². The maximum Gasteiger partial charge on any atom is 0.161 e. The monoisotopic (exact) mass is 274 g/mol. The molecule has 1 aromatic heterocycles. The van der Waals surface area contributed by atoms with Crippen LogP contribution in [0.3, 0.4) is 0 Å². The van der Waals surface area contributed by atoms with Crippen LogP contribution in [0.25, 0.3) is 0 Å². The van der Waals surface area contributed by atoms with Gasteiger partial charge in [0.15, 0.2) is 11.5 Å². The molecule has 2 unspecified atom stereocenters. The van der Waals surface area contributed by atoms with Crippen LogP contribution >= 0.6 is 0 Å². The zero-order valence-corrected chi connectivity index (χ0v) is 11.6. The summed E-state index contributed by atoms with van der Waals surface area (Å²) in [6.45, 7) is 0.528. The van der Waals surface area contributed by atoms with Gasteiger partial charge in [0.1, 0.15) is 24.9 Å². The number of ether oxygens (including phenoxy) is 2. The lowest BCUT2D eigenvalue weighted by molar-refractivity contribution is 0.0633. The Hall–Kier alpha value is -2.08. The van der Waals surface area contributed by atoms with E-state index < -0.39 is 0 Å². The fourth-order valence-electron chi connectivity index (χ4n) is 2.36. The van der Waals surface area contributed by atoms with Gasteiger partial charge in [-0.3, -0.25) is 4.68 Å². The molecule has 0 radical (unpaired) electrons. The normalized spacial score (nSPS) is 18.8. The van der Waals surface area contributed by atoms with Crippen LogP contribution in [0.2, 0.25) is 0 Å². The van der Waals surface area contributed by atoms with E-state index in [0.717, 1.165) is 23.7 Å². The van der Waals surface area contributed by atoms with E-state index in [4.69, 9.17) is 9.47 Å². The molecule has 0 bridgehead atoms. The average Bonchev–Trinajstić information content (AvgIpc) is 2.89. The number of rotatable bonds is 4. The minimum absolute atomic E-state index is 0.0494. The van der Waals surface area contributed by atoms with Crippen LogP contribution in [0.5, 0.6) is 11.5 Å². The van der Waals surface area contributed by atoms with E-state index in [-0.39, 0.29) is 12.1 Å². The molecule has 0 aliphatic carbocycles. The molecular formula is C14H18N4O2. The number of benzene rings is 1. The third kappa shape index (κ3) is 2.46.